The molecule has 0 saturated heterocycles. The molecule has 0 aliphatic carbocycles. The maximum Gasteiger partial charge on any atom is 0.237 e. The van der Waals surface area contributed by atoms with Gasteiger partial charge < -0.3 is 0 Å². The highest BCUT2D eigenvalue weighted by Crippen LogP contribution is 2.20. The van der Waals surface area contributed by atoms with Crippen molar-refractivity contribution in [2.75, 3.05) is 5.43 Å². The Bertz CT molecular complexity index is 674. The lowest BCUT2D eigenvalue weighted by Gasteiger charge is -2.08. The van der Waals surface area contributed by atoms with Crippen LogP contribution < -0.4 is 5.43 Å². The van der Waals surface area contributed by atoms with Crippen LogP contribution in [0.15, 0.2) is 41.8 Å². The molecule has 1 aromatic carbocycles. The fourth-order valence-corrected chi connectivity index (χ4v) is 1.40. The van der Waals surface area contributed by atoms with Gasteiger partial charge in [0.1, 0.15) is 18.0 Å². The molecule has 0 saturated carbocycles. The molecule has 2 aromatic rings. The van der Waals surface area contributed by atoms with Crippen LogP contribution in [-0.2, 0) is 0 Å². The topological polar surface area (TPSA) is 89.8 Å². The third-order valence-corrected chi connectivity index (χ3v) is 2.21. The molecule has 19 heavy (non-hydrogen) atoms. The number of nitrogens with one attached hydrogen (secondary N) is 1. The van der Waals surface area contributed by atoms with Crippen LogP contribution in [0.1, 0.15) is 0 Å². The van der Waals surface area contributed by atoms with E-state index in [9.17, 15) is 4.39 Å². The number of nitriles is 2. The first kappa shape index (κ1) is 12.3. The summed E-state index contributed by atoms with van der Waals surface area (Å²) < 4.78 is 14.7. The molecule has 0 unspecified atom stereocenters. The van der Waals surface area contributed by atoms with Gasteiger partial charge in [-0.1, -0.05) is 0 Å². The average Bonchev–Trinajstić information content (AvgIpc) is 2.94. The van der Waals surface area contributed by atoms with E-state index in [1.54, 1.807) is 30.6 Å². The van der Waals surface area contributed by atoms with E-state index in [1.165, 1.54) is 22.9 Å². The van der Waals surface area contributed by atoms with Crippen molar-refractivity contribution in [2.24, 2.45) is 5.10 Å². The Kier molecular flexibility index (Phi) is 3.51. The molecular formula is C12H7FN6. The van der Waals surface area contributed by atoms with Crippen LogP contribution in [0.25, 0.3) is 5.69 Å². The summed E-state index contributed by atoms with van der Waals surface area (Å²) in [5.74, 6) is -0.468. The Hall–Kier alpha value is -3.19. The fraction of sp³-hybridized carbons (Fsp3) is 0. The first-order valence-electron chi connectivity index (χ1n) is 5.18. The van der Waals surface area contributed by atoms with E-state index >= 15 is 0 Å². The van der Waals surface area contributed by atoms with Crippen LogP contribution >= 0.6 is 0 Å². The molecule has 1 aromatic heterocycles. The van der Waals surface area contributed by atoms with Crippen LogP contribution in [0, 0.1) is 28.5 Å². The van der Waals surface area contributed by atoms with Crippen molar-refractivity contribution in [3.8, 4) is 17.8 Å². The fourth-order valence-electron chi connectivity index (χ4n) is 1.40. The molecule has 6 nitrogen and oxygen atoms in total. The Balaban J connectivity index is 2.40. The minimum atomic E-state index is -0.468. The number of hydrazone groups is 1. The van der Waals surface area contributed by atoms with Crippen molar-refractivity contribution in [2.45, 2.75) is 0 Å². The molecule has 0 bridgehead atoms. The van der Waals surface area contributed by atoms with Crippen LogP contribution in [-0.4, -0.2) is 15.5 Å². The SMILES string of the molecule is N#CC(C#N)=NNc1cc(F)ccc1-n1cccn1. The summed E-state index contributed by atoms with van der Waals surface area (Å²) in [6.45, 7) is 0. The quantitative estimate of drug-likeness (QED) is 0.668. The van der Waals surface area contributed by atoms with Gasteiger partial charge in [-0.2, -0.15) is 20.7 Å². The van der Waals surface area contributed by atoms with Crippen molar-refractivity contribution in [3.05, 3.63) is 42.5 Å². The number of anilines is 1. The zero-order valence-electron chi connectivity index (χ0n) is 9.58. The minimum absolute atomic E-state index is 0.298. The van der Waals surface area contributed by atoms with Gasteiger partial charge >= 0.3 is 0 Å². The van der Waals surface area contributed by atoms with Crippen molar-refractivity contribution in [1.29, 1.82) is 10.5 Å². The normalized spacial score (nSPS) is 9.21. The molecule has 0 aliphatic rings. The van der Waals surface area contributed by atoms with E-state index in [2.05, 4.69) is 15.6 Å². The molecule has 0 fully saturated rings. The van der Waals surface area contributed by atoms with Crippen molar-refractivity contribution in [1.82, 2.24) is 9.78 Å². The van der Waals surface area contributed by atoms with Gasteiger partial charge in [0, 0.05) is 18.5 Å². The maximum atomic E-state index is 13.2. The van der Waals surface area contributed by atoms with Gasteiger partial charge in [0.15, 0.2) is 0 Å². The van der Waals surface area contributed by atoms with Gasteiger partial charge in [0.2, 0.25) is 5.71 Å². The van der Waals surface area contributed by atoms with Crippen LogP contribution in [0.2, 0.25) is 0 Å². The first-order valence-corrected chi connectivity index (χ1v) is 5.18. The second kappa shape index (κ2) is 5.43. The predicted molar refractivity (Wildman–Crippen MR) is 65.8 cm³/mol. The summed E-state index contributed by atoms with van der Waals surface area (Å²) in [6, 6.07) is 8.91. The average molecular weight is 254 g/mol. The summed E-state index contributed by atoms with van der Waals surface area (Å²) in [7, 11) is 0. The Morgan fingerprint density at radius 2 is 2.16 bits per heavy atom. The molecule has 0 atom stereocenters. The minimum Gasteiger partial charge on any atom is -0.274 e. The third-order valence-electron chi connectivity index (χ3n) is 2.21. The smallest absolute Gasteiger partial charge is 0.237 e. The number of aromatic nitrogens is 2. The Labute approximate surface area is 108 Å². The van der Waals surface area contributed by atoms with E-state index < -0.39 is 5.82 Å². The summed E-state index contributed by atoms with van der Waals surface area (Å²) in [6.07, 6.45) is 3.25. The molecule has 0 spiro atoms. The van der Waals surface area contributed by atoms with E-state index in [0.717, 1.165) is 0 Å². The summed E-state index contributed by atoms with van der Waals surface area (Å²) in [5, 5.41) is 24.8. The van der Waals surface area contributed by atoms with E-state index in [1.807, 2.05) is 0 Å². The number of halogens is 1. The van der Waals surface area contributed by atoms with Crippen molar-refractivity contribution < 1.29 is 4.39 Å². The maximum absolute atomic E-state index is 13.2. The molecule has 0 aliphatic heterocycles. The van der Waals surface area contributed by atoms with Gasteiger partial charge in [-0.25, -0.2) is 9.07 Å². The molecular weight excluding hydrogens is 247 g/mol. The van der Waals surface area contributed by atoms with Gasteiger partial charge in [-0.3, -0.25) is 5.43 Å². The zero-order valence-corrected chi connectivity index (χ0v) is 9.58. The van der Waals surface area contributed by atoms with E-state index in [4.69, 9.17) is 10.5 Å². The molecule has 2 rings (SSSR count). The first-order chi connectivity index (χ1) is 9.24. The molecule has 0 amide bonds. The lowest BCUT2D eigenvalue weighted by molar-refractivity contribution is 0.627. The molecule has 7 heteroatoms. The highest BCUT2D eigenvalue weighted by Gasteiger charge is 2.06. The number of benzene rings is 1. The highest BCUT2D eigenvalue weighted by molar-refractivity contribution is 6.10. The number of nitrogens with zero attached hydrogens (tertiary/aromatic N) is 5. The highest BCUT2D eigenvalue weighted by atomic mass is 19.1. The zero-order chi connectivity index (χ0) is 13.7. The standard InChI is InChI=1S/C12H7FN6/c13-9-2-3-12(19-5-1-4-16-19)11(6-9)18-17-10(7-14)8-15/h1-6,18H. The summed E-state index contributed by atoms with van der Waals surface area (Å²) in [5.41, 5.74) is 2.98. The Morgan fingerprint density at radius 3 is 2.79 bits per heavy atom. The molecule has 0 radical (unpaired) electrons. The van der Waals surface area contributed by atoms with Gasteiger partial charge in [-0.15, -0.1) is 0 Å². The second-order valence-electron chi connectivity index (χ2n) is 3.41. The van der Waals surface area contributed by atoms with Crippen LogP contribution in [0.3, 0.4) is 0 Å². The van der Waals surface area contributed by atoms with Gasteiger partial charge in [0.25, 0.3) is 0 Å². The lowest BCUT2D eigenvalue weighted by Crippen LogP contribution is -2.03. The second-order valence-corrected chi connectivity index (χ2v) is 3.41. The van der Waals surface area contributed by atoms with Crippen LogP contribution in [0.4, 0.5) is 10.1 Å². The predicted octanol–water partition coefficient (Wildman–Crippen LogP) is 1.83. The number of rotatable bonds is 3. The van der Waals surface area contributed by atoms with Crippen molar-refractivity contribution >= 4 is 11.4 Å². The molecule has 1 heterocycles. The monoisotopic (exact) mass is 254 g/mol. The summed E-state index contributed by atoms with van der Waals surface area (Å²) >= 11 is 0. The number of hydrogen-bond donors (Lipinski definition) is 1. The largest absolute Gasteiger partial charge is 0.274 e. The van der Waals surface area contributed by atoms with Crippen LogP contribution in [0.5, 0.6) is 0 Å². The Morgan fingerprint density at radius 1 is 1.37 bits per heavy atom. The van der Waals surface area contributed by atoms with E-state index in [0.29, 0.717) is 11.4 Å². The van der Waals surface area contributed by atoms with Crippen molar-refractivity contribution in [3.63, 3.8) is 0 Å². The molecule has 1 N–H and O–H groups in total. The van der Waals surface area contributed by atoms with Gasteiger partial charge in [-0.05, 0) is 18.2 Å². The lowest BCUT2D eigenvalue weighted by atomic mass is 10.2. The van der Waals surface area contributed by atoms with Gasteiger partial charge in [0.05, 0.1) is 11.4 Å². The van der Waals surface area contributed by atoms with E-state index in [-0.39, 0.29) is 5.71 Å². The summed E-state index contributed by atoms with van der Waals surface area (Å²) in [4.78, 5) is 0. The third kappa shape index (κ3) is 2.73. The molecule has 92 valence electrons. The number of hydrogen-bond acceptors (Lipinski definition) is 5.